The summed E-state index contributed by atoms with van der Waals surface area (Å²) in [7, 11) is 0. The van der Waals surface area contributed by atoms with E-state index < -0.39 is 0 Å². The molecule has 0 aromatic heterocycles. The molecule has 7 aromatic carbocycles. The van der Waals surface area contributed by atoms with Crippen molar-refractivity contribution in [2.75, 3.05) is 0 Å². The minimum absolute atomic E-state index is 0.0561. The molecule has 0 unspecified atom stereocenters. The molecule has 0 saturated heterocycles. The molecule has 2 aliphatic carbocycles. The summed E-state index contributed by atoms with van der Waals surface area (Å²) in [5, 5.41) is 5.41. The van der Waals surface area contributed by atoms with Gasteiger partial charge < -0.3 is 0 Å². The lowest BCUT2D eigenvalue weighted by atomic mass is 9.70. The Morgan fingerprint density at radius 1 is 0.300 bits per heavy atom. The van der Waals surface area contributed by atoms with E-state index in [0.717, 1.165) is 0 Å². The first-order valence-electron chi connectivity index (χ1n) is 24.0. The third kappa shape index (κ3) is 6.83. The summed E-state index contributed by atoms with van der Waals surface area (Å²) in [5.41, 5.74) is 17.6. The lowest BCUT2D eigenvalue weighted by molar-refractivity contribution is 0.405. The van der Waals surface area contributed by atoms with Gasteiger partial charge in [0.05, 0.1) is 0 Å². The molecule has 0 spiro atoms. The number of hydrogen-bond donors (Lipinski definition) is 0. The van der Waals surface area contributed by atoms with Crippen LogP contribution in [0.15, 0.2) is 133 Å². The molecule has 306 valence electrons. The fraction of sp³-hybridized carbons (Fsp3) is 0.367. The summed E-state index contributed by atoms with van der Waals surface area (Å²) in [5.74, 6) is 0. The zero-order chi connectivity index (χ0) is 41.1. The normalized spacial score (nSPS) is 14.3. The highest BCUT2D eigenvalue weighted by Crippen LogP contribution is 2.58. The molecule has 0 amide bonds. The minimum Gasteiger partial charge on any atom is -0.0654 e. The van der Waals surface area contributed by atoms with Crippen LogP contribution in [0.4, 0.5) is 0 Å². The number of unbranched alkanes of at least 4 members (excludes halogenated alkanes) is 8. The van der Waals surface area contributed by atoms with Crippen molar-refractivity contribution >= 4 is 21.5 Å². The lowest BCUT2D eigenvalue weighted by Gasteiger charge is -2.33. The SMILES string of the molecule is CCCCCC1(CCCCC)c2ccccc2-c2ccc(-c3c4ccccc4c(-c4ccc5c(c4)C(CCCCC)(CCCCC)c4ccccc4-5)c4ccccc34)cc21. The second-order valence-electron chi connectivity index (χ2n) is 18.4. The number of fused-ring (bicyclic) bond motifs is 8. The van der Waals surface area contributed by atoms with E-state index in [1.807, 2.05) is 0 Å². The maximum absolute atomic E-state index is 2.65. The van der Waals surface area contributed by atoms with Crippen LogP contribution in [0.5, 0.6) is 0 Å². The Labute approximate surface area is 361 Å². The van der Waals surface area contributed by atoms with Gasteiger partial charge in [-0.05, 0) is 126 Å². The standard InChI is InChI=1S/C60H66/c1-5-9-21-37-59(38-22-10-6-2)53-31-19-17-25-45(53)47-35-33-43(41-55(47)59)57-49-27-13-15-29-51(49)58(52-30-16-14-28-50(52)57)44-34-36-48-46-26-18-20-32-54(46)60(56(48)42-44,39-23-11-7-3)40-24-12-8-4/h13-20,25-36,41-42H,5-12,21-24,37-40H2,1-4H3. The molecule has 9 rings (SSSR count). The molecule has 0 atom stereocenters. The lowest BCUT2D eigenvalue weighted by Crippen LogP contribution is -2.25. The average molecular weight is 787 g/mol. The van der Waals surface area contributed by atoms with E-state index in [2.05, 4.69) is 161 Å². The first kappa shape index (κ1) is 40.5. The van der Waals surface area contributed by atoms with Crippen molar-refractivity contribution in [1.82, 2.24) is 0 Å². The fourth-order valence-corrected chi connectivity index (χ4v) is 12.0. The molecular weight excluding hydrogens is 721 g/mol. The Morgan fingerprint density at radius 2 is 0.600 bits per heavy atom. The molecular formula is C60H66. The number of rotatable bonds is 18. The molecule has 0 aliphatic heterocycles. The topological polar surface area (TPSA) is 0 Å². The van der Waals surface area contributed by atoms with E-state index in [1.165, 1.54) is 169 Å². The Morgan fingerprint density at radius 3 is 0.933 bits per heavy atom. The summed E-state index contributed by atoms with van der Waals surface area (Å²) >= 11 is 0. The van der Waals surface area contributed by atoms with Crippen molar-refractivity contribution < 1.29 is 0 Å². The minimum atomic E-state index is 0.0561. The van der Waals surface area contributed by atoms with E-state index in [-0.39, 0.29) is 10.8 Å². The van der Waals surface area contributed by atoms with Crippen molar-refractivity contribution in [1.29, 1.82) is 0 Å². The second kappa shape index (κ2) is 17.6. The second-order valence-corrected chi connectivity index (χ2v) is 18.4. The molecule has 0 nitrogen and oxygen atoms in total. The van der Waals surface area contributed by atoms with Gasteiger partial charge in [0.1, 0.15) is 0 Å². The molecule has 0 N–H and O–H groups in total. The Kier molecular flexibility index (Phi) is 11.9. The fourth-order valence-electron chi connectivity index (χ4n) is 12.0. The van der Waals surface area contributed by atoms with E-state index in [9.17, 15) is 0 Å². The molecule has 0 radical (unpaired) electrons. The Hall–Kier alpha value is -4.94. The highest BCUT2D eigenvalue weighted by Gasteiger charge is 2.44. The maximum Gasteiger partial charge on any atom is 0.0215 e. The predicted molar refractivity (Wildman–Crippen MR) is 261 cm³/mol. The van der Waals surface area contributed by atoms with Crippen molar-refractivity contribution in [2.45, 2.75) is 141 Å². The van der Waals surface area contributed by atoms with Crippen molar-refractivity contribution in [3.05, 3.63) is 156 Å². The first-order chi connectivity index (χ1) is 29.6. The van der Waals surface area contributed by atoms with Crippen LogP contribution in [0, 0.1) is 0 Å². The van der Waals surface area contributed by atoms with E-state index in [0.29, 0.717) is 0 Å². The molecule has 2 aliphatic rings. The van der Waals surface area contributed by atoms with Crippen molar-refractivity contribution in [3.63, 3.8) is 0 Å². The Bertz CT molecular complexity index is 2360. The summed E-state index contributed by atoms with van der Waals surface area (Å²) in [6.45, 7) is 9.38. The van der Waals surface area contributed by atoms with Gasteiger partial charge in [0, 0.05) is 10.8 Å². The number of hydrogen-bond acceptors (Lipinski definition) is 0. The predicted octanol–water partition coefficient (Wildman–Crippen LogP) is 18.2. The molecule has 0 heterocycles. The van der Waals surface area contributed by atoms with Gasteiger partial charge >= 0.3 is 0 Å². The highest BCUT2D eigenvalue weighted by atomic mass is 14.5. The largest absolute Gasteiger partial charge is 0.0654 e. The van der Waals surface area contributed by atoms with Crippen LogP contribution in [0.1, 0.15) is 153 Å². The number of benzene rings is 7. The van der Waals surface area contributed by atoms with Gasteiger partial charge in [0.25, 0.3) is 0 Å². The van der Waals surface area contributed by atoms with E-state index in [4.69, 9.17) is 0 Å². The van der Waals surface area contributed by atoms with Gasteiger partial charge in [0.2, 0.25) is 0 Å². The average Bonchev–Trinajstić information content (AvgIpc) is 3.72. The van der Waals surface area contributed by atoms with Crippen molar-refractivity contribution in [3.8, 4) is 44.5 Å². The molecule has 0 fully saturated rings. The van der Waals surface area contributed by atoms with Crippen LogP contribution in [0.25, 0.3) is 66.1 Å². The third-order valence-corrected chi connectivity index (χ3v) is 14.9. The van der Waals surface area contributed by atoms with Crippen molar-refractivity contribution in [2.24, 2.45) is 0 Å². The van der Waals surface area contributed by atoms with Crippen LogP contribution < -0.4 is 0 Å². The van der Waals surface area contributed by atoms with Gasteiger partial charge in [-0.15, -0.1) is 0 Å². The highest BCUT2D eigenvalue weighted by molar-refractivity contribution is 6.21. The van der Waals surface area contributed by atoms with Crippen LogP contribution >= 0.6 is 0 Å². The van der Waals surface area contributed by atoms with Gasteiger partial charge in [-0.25, -0.2) is 0 Å². The zero-order valence-corrected chi connectivity index (χ0v) is 37.0. The van der Waals surface area contributed by atoms with Gasteiger partial charge in [-0.2, -0.15) is 0 Å². The van der Waals surface area contributed by atoms with Gasteiger partial charge in [0.15, 0.2) is 0 Å². The molecule has 7 aromatic rings. The smallest absolute Gasteiger partial charge is 0.0215 e. The first-order valence-corrected chi connectivity index (χ1v) is 24.0. The van der Waals surface area contributed by atoms with Gasteiger partial charge in [-0.1, -0.05) is 226 Å². The summed E-state index contributed by atoms with van der Waals surface area (Å²) < 4.78 is 0. The molecule has 0 bridgehead atoms. The molecule has 0 heteroatoms. The van der Waals surface area contributed by atoms with Crippen LogP contribution in [-0.2, 0) is 10.8 Å². The van der Waals surface area contributed by atoms with E-state index in [1.54, 1.807) is 22.3 Å². The zero-order valence-electron chi connectivity index (χ0n) is 37.0. The summed E-state index contributed by atoms with van der Waals surface area (Å²) in [6, 6.07) is 52.6. The quantitative estimate of drug-likeness (QED) is 0.0600. The van der Waals surface area contributed by atoms with E-state index >= 15 is 0 Å². The van der Waals surface area contributed by atoms with Gasteiger partial charge in [-0.3, -0.25) is 0 Å². The van der Waals surface area contributed by atoms with Crippen LogP contribution in [-0.4, -0.2) is 0 Å². The maximum atomic E-state index is 2.65. The Balaban J connectivity index is 1.24. The summed E-state index contributed by atoms with van der Waals surface area (Å²) in [6.07, 6.45) is 20.1. The van der Waals surface area contributed by atoms with Crippen LogP contribution in [0.2, 0.25) is 0 Å². The molecule has 60 heavy (non-hydrogen) atoms. The monoisotopic (exact) mass is 787 g/mol. The summed E-state index contributed by atoms with van der Waals surface area (Å²) in [4.78, 5) is 0. The third-order valence-electron chi connectivity index (χ3n) is 14.9. The van der Waals surface area contributed by atoms with Crippen LogP contribution in [0.3, 0.4) is 0 Å². The molecule has 0 saturated carbocycles.